The van der Waals surface area contributed by atoms with Gasteiger partial charge in [0.15, 0.2) is 5.82 Å². The molecule has 3 aromatic rings. The third kappa shape index (κ3) is 5.25. The third-order valence-corrected chi connectivity index (χ3v) is 6.54. The van der Waals surface area contributed by atoms with Crippen molar-refractivity contribution in [2.75, 3.05) is 41.5 Å². The number of carbonyl (C=O) groups excluding carboxylic acids is 1. The Labute approximate surface area is 201 Å². The lowest BCUT2D eigenvalue weighted by atomic mass is 10.2. The topological polar surface area (TPSA) is 97.7 Å². The Kier molecular flexibility index (Phi) is 7.08. The number of halogens is 1. The number of piperazine rings is 1. The number of hydrazine groups is 1. The van der Waals surface area contributed by atoms with Gasteiger partial charge in [-0.15, -0.1) is 11.3 Å². The van der Waals surface area contributed by atoms with E-state index in [1.54, 1.807) is 18.5 Å². The smallest absolute Gasteiger partial charge is 0.288 e. The van der Waals surface area contributed by atoms with Crippen LogP contribution in [0.2, 0.25) is 5.02 Å². The third-order valence-electron chi connectivity index (χ3n) is 5.48. The zero-order valence-electron chi connectivity index (χ0n) is 18.7. The summed E-state index contributed by atoms with van der Waals surface area (Å²) in [6.07, 6.45) is 1.06. The lowest BCUT2D eigenvalue weighted by molar-refractivity contribution is 0.0152. The highest BCUT2D eigenvalue weighted by molar-refractivity contribution is 7.11. The van der Waals surface area contributed by atoms with Gasteiger partial charge in [-0.1, -0.05) is 23.7 Å². The number of aliphatic hydroxyl groups is 1. The van der Waals surface area contributed by atoms with Crippen molar-refractivity contribution in [2.24, 2.45) is 0 Å². The number of aliphatic hydroxyl groups excluding tert-OH is 1. The molecule has 0 saturated carbocycles. The number of aromatic nitrogens is 3. The van der Waals surface area contributed by atoms with Crippen molar-refractivity contribution < 1.29 is 9.90 Å². The molecular weight excluding hydrogens is 462 g/mol. The highest BCUT2D eigenvalue weighted by atomic mass is 35.5. The maximum atomic E-state index is 13.4. The standard InChI is InChI=1S/C22H26ClN7O2S/c1-14-5-4-6-17(23)21(14)30(22(32)18-12-24-13-33-18)27-19-11-20(26-15(2)25-19)29-9-7-28(8-10-29)16(3)31/h4-6,11-13,16,31H,7-10H2,1-3H3,(H,25,26,27). The average Bonchev–Trinajstić information content (AvgIpc) is 3.32. The van der Waals surface area contributed by atoms with Crippen molar-refractivity contribution >= 4 is 46.2 Å². The largest absolute Gasteiger partial charge is 0.379 e. The molecule has 1 unspecified atom stereocenters. The van der Waals surface area contributed by atoms with Crippen molar-refractivity contribution in [1.29, 1.82) is 0 Å². The summed E-state index contributed by atoms with van der Waals surface area (Å²) < 4.78 is 0. The lowest BCUT2D eigenvalue weighted by Gasteiger charge is -2.37. The summed E-state index contributed by atoms with van der Waals surface area (Å²) in [5.41, 5.74) is 6.18. The van der Waals surface area contributed by atoms with Crippen LogP contribution in [0, 0.1) is 13.8 Å². The van der Waals surface area contributed by atoms with E-state index in [0.717, 1.165) is 37.6 Å². The molecular formula is C22H26ClN7O2S. The number of nitrogens with one attached hydrogen (secondary N) is 1. The molecule has 174 valence electrons. The lowest BCUT2D eigenvalue weighted by Crippen LogP contribution is -2.49. The molecule has 11 heteroatoms. The minimum atomic E-state index is -0.471. The number of benzene rings is 1. The molecule has 0 spiro atoms. The number of rotatable bonds is 6. The van der Waals surface area contributed by atoms with Gasteiger partial charge in [-0.3, -0.25) is 20.1 Å². The average molecular weight is 488 g/mol. The number of thiazole rings is 1. The number of hydrogen-bond acceptors (Lipinski definition) is 9. The molecule has 1 aliphatic rings. The predicted octanol–water partition coefficient (Wildman–Crippen LogP) is 3.34. The first-order valence-corrected chi connectivity index (χ1v) is 11.9. The second-order valence-electron chi connectivity index (χ2n) is 7.84. The predicted molar refractivity (Wildman–Crippen MR) is 131 cm³/mol. The highest BCUT2D eigenvalue weighted by Crippen LogP contribution is 2.32. The Morgan fingerprint density at radius 1 is 1.24 bits per heavy atom. The van der Waals surface area contributed by atoms with E-state index >= 15 is 0 Å². The molecule has 2 N–H and O–H groups in total. The molecule has 0 aliphatic carbocycles. The molecule has 1 atom stereocenters. The van der Waals surface area contributed by atoms with E-state index in [-0.39, 0.29) is 5.91 Å². The summed E-state index contributed by atoms with van der Waals surface area (Å²) >= 11 is 7.76. The summed E-state index contributed by atoms with van der Waals surface area (Å²) in [7, 11) is 0. The number of carbonyl (C=O) groups is 1. The van der Waals surface area contributed by atoms with Gasteiger partial charge in [0.05, 0.1) is 22.4 Å². The fourth-order valence-corrected chi connectivity index (χ4v) is 4.61. The summed E-state index contributed by atoms with van der Waals surface area (Å²) in [5.74, 6) is 1.54. The van der Waals surface area contributed by atoms with E-state index < -0.39 is 6.23 Å². The number of amides is 1. The van der Waals surface area contributed by atoms with Crippen LogP contribution in [0.15, 0.2) is 36.0 Å². The van der Waals surface area contributed by atoms with Gasteiger partial charge in [0, 0.05) is 32.2 Å². The molecule has 0 bridgehead atoms. The minimum absolute atomic E-state index is 0.280. The Morgan fingerprint density at radius 3 is 2.64 bits per heavy atom. The molecule has 3 heterocycles. The highest BCUT2D eigenvalue weighted by Gasteiger charge is 2.25. The van der Waals surface area contributed by atoms with Crippen LogP contribution in [-0.4, -0.2) is 63.3 Å². The first kappa shape index (κ1) is 23.4. The summed E-state index contributed by atoms with van der Waals surface area (Å²) in [5, 5.41) is 11.7. The molecule has 4 rings (SSSR count). The van der Waals surface area contributed by atoms with Gasteiger partial charge in [-0.05, 0) is 32.4 Å². The van der Waals surface area contributed by atoms with Crippen molar-refractivity contribution in [3.63, 3.8) is 0 Å². The van der Waals surface area contributed by atoms with Gasteiger partial charge >= 0.3 is 0 Å². The fourth-order valence-electron chi connectivity index (χ4n) is 3.76. The van der Waals surface area contributed by atoms with Crippen LogP contribution in [0.4, 0.5) is 17.3 Å². The van der Waals surface area contributed by atoms with Crippen LogP contribution in [0.5, 0.6) is 0 Å². The quantitative estimate of drug-likeness (QED) is 0.511. The number of anilines is 3. The maximum Gasteiger partial charge on any atom is 0.288 e. The normalized spacial score (nSPS) is 15.4. The molecule has 1 saturated heterocycles. The van der Waals surface area contributed by atoms with E-state index in [1.165, 1.54) is 22.5 Å². The Bertz CT molecular complexity index is 1100. The summed E-state index contributed by atoms with van der Waals surface area (Å²) in [4.78, 5) is 31.2. The molecule has 9 nitrogen and oxygen atoms in total. The van der Waals surface area contributed by atoms with Crippen molar-refractivity contribution in [2.45, 2.75) is 27.0 Å². The second-order valence-corrected chi connectivity index (χ2v) is 9.13. The van der Waals surface area contributed by atoms with Gasteiger partial charge in [0.25, 0.3) is 5.91 Å². The molecule has 2 aromatic heterocycles. The number of aryl methyl sites for hydroxylation is 2. The Hall–Kier alpha value is -2.79. The van der Waals surface area contributed by atoms with Crippen molar-refractivity contribution in [1.82, 2.24) is 19.9 Å². The number of para-hydroxylation sites is 1. The number of nitrogens with zero attached hydrogens (tertiary/aromatic N) is 6. The maximum absolute atomic E-state index is 13.4. The van der Waals surface area contributed by atoms with E-state index in [9.17, 15) is 9.90 Å². The van der Waals surface area contributed by atoms with Crippen LogP contribution in [0.3, 0.4) is 0 Å². The summed E-state index contributed by atoms with van der Waals surface area (Å²) in [6.45, 7) is 8.42. The van der Waals surface area contributed by atoms with Crippen LogP contribution < -0.4 is 15.3 Å². The van der Waals surface area contributed by atoms with Gasteiger partial charge in [-0.2, -0.15) is 0 Å². The van der Waals surface area contributed by atoms with Crippen molar-refractivity contribution in [3.8, 4) is 0 Å². The monoisotopic (exact) mass is 487 g/mol. The molecule has 33 heavy (non-hydrogen) atoms. The fraction of sp³-hybridized carbons (Fsp3) is 0.364. The van der Waals surface area contributed by atoms with Gasteiger partial charge in [0.1, 0.15) is 22.7 Å². The van der Waals surface area contributed by atoms with Gasteiger partial charge in [0.2, 0.25) is 0 Å². The van der Waals surface area contributed by atoms with Crippen LogP contribution >= 0.6 is 22.9 Å². The first-order valence-electron chi connectivity index (χ1n) is 10.6. The van der Waals surface area contributed by atoms with Gasteiger partial charge < -0.3 is 10.0 Å². The molecule has 1 aliphatic heterocycles. The zero-order valence-corrected chi connectivity index (χ0v) is 20.3. The zero-order chi connectivity index (χ0) is 23.5. The Balaban J connectivity index is 1.65. The van der Waals surface area contributed by atoms with Crippen LogP contribution in [0.25, 0.3) is 0 Å². The van der Waals surface area contributed by atoms with E-state index in [0.29, 0.717) is 27.2 Å². The van der Waals surface area contributed by atoms with E-state index in [2.05, 4.69) is 25.3 Å². The first-order chi connectivity index (χ1) is 15.8. The number of hydrogen-bond donors (Lipinski definition) is 2. The van der Waals surface area contributed by atoms with Gasteiger partial charge in [-0.25, -0.2) is 15.0 Å². The molecule has 1 amide bonds. The molecule has 0 radical (unpaired) electrons. The van der Waals surface area contributed by atoms with Crippen LogP contribution in [0.1, 0.15) is 28.0 Å². The van der Waals surface area contributed by atoms with E-state index in [1.807, 2.05) is 36.9 Å². The molecule has 1 aromatic carbocycles. The molecule has 1 fully saturated rings. The Morgan fingerprint density at radius 2 is 2.00 bits per heavy atom. The summed E-state index contributed by atoms with van der Waals surface area (Å²) in [6, 6.07) is 7.31. The van der Waals surface area contributed by atoms with Crippen LogP contribution in [-0.2, 0) is 0 Å². The van der Waals surface area contributed by atoms with E-state index in [4.69, 9.17) is 11.6 Å². The SMILES string of the molecule is Cc1nc(NN(C(=O)c2cncs2)c2c(C)cccc2Cl)cc(N2CCN(C(C)O)CC2)n1. The minimum Gasteiger partial charge on any atom is -0.379 e. The second kappa shape index (κ2) is 10.0. The van der Waals surface area contributed by atoms with Crippen molar-refractivity contribution in [3.05, 3.63) is 57.3 Å².